The zero-order chi connectivity index (χ0) is 23.2. The molecule has 2 aromatic carbocycles. The minimum Gasteiger partial charge on any atom is -0.508 e. The van der Waals surface area contributed by atoms with Crippen molar-refractivity contribution in [3.8, 4) is 5.75 Å². The number of phenols is 1. The van der Waals surface area contributed by atoms with Gasteiger partial charge in [0.05, 0.1) is 7.11 Å². The van der Waals surface area contributed by atoms with Crippen LogP contribution in [0.4, 0.5) is 0 Å². The molecular formula is C24H30N2O5. The number of rotatable bonds is 7. The van der Waals surface area contributed by atoms with Gasteiger partial charge in [-0.2, -0.15) is 0 Å². The molecule has 2 amide bonds. The number of benzene rings is 2. The number of esters is 1. The molecule has 0 aliphatic heterocycles. The minimum atomic E-state index is -0.924. The average Bonchev–Trinajstić information content (AvgIpc) is 2.73. The number of nitrogens with one attached hydrogen (secondary N) is 2. The molecule has 0 saturated heterocycles. The molecule has 2 aromatic rings. The lowest BCUT2D eigenvalue weighted by Crippen LogP contribution is -2.51. The first kappa shape index (κ1) is 23.9. The van der Waals surface area contributed by atoms with Gasteiger partial charge in [-0.3, -0.25) is 9.59 Å². The van der Waals surface area contributed by atoms with Gasteiger partial charge < -0.3 is 20.5 Å². The van der Waals surface area contributed by atoms with Crippen molar-refractivity contribution < 1.29 is 24.2 Å². The largest absolute Gasteiger partial charge is 0.508 e. The SMILES string of the molecule is COC(=O)[C@@H](Cc1ccc(O)cc1)NC(=O)[C@H](C)NC(=O)c1ccc(C(C)(C)C)cc1. The molecule has 31 heavy (non-hydrogen) atoms. The van der Waals surface area contributed by atoms with Gasteiger partial charge in [0.15, 0.2) is 0 Å². The first-order valence-electron chi connectivity index (χ1n) is 10.1. The van der Waals surface area contributed by atoms with Gasteiger partial charge in [0.1, 0.15) is 17.8 Å². The number of phenolic OH excluding ortho intramolecular Hbond substituents is 1. The minimum absolute atomic E-state index is 0.0252. The monoisotopic (exact) mass is 426 g/mol. The van der Waals surface area contributed by atoms with Crippen LogP contribution in [0, 0.1) is 0 Å². The van der Waals surface area contributed by atoms with E-state index in [9.17, 15) is 19.5 Å². The number of methoxy groups -OCH3 is 1. The van der Waals surface area contributed by atoms with E-state index < -0.39 is 24.0 Å². The van der Waals surface area contributed by atoms with Crippen molar-refractivity contribution >= 4 is 17.8 Å². The van der Waals surface area contributed by atoms with Crippen molar-refractivity contribution in [2.24, 2.45) is 0 Å². The van der Waals surface area contributed by atoms with E-state index in [1.165, 1.54) is 19.2 Å². The molecule has 0 spiro atoms. The third-order valence-corrected chi connectivity index (χ3v) is 4.93. The first-order chi connectivity index (χ1) is 14.5. The molecule has 7 heteroatoms. The highest BCUT2D eigenvalue weighted by Gasteiger charge is 2.25. The fraction of sp³-hybridized carbons (Fsp3) is 0.375. The fourth-order valence-electron chi connectivity index (χ4n) is 2.97. The molecule has 0 radical (unpaired) electrons. The highest BCUT2D eigenvalue weighted by Crippen LogP contribution is 2.22. The van der Waals surface area contributed by atoms with Crippen LogP contribution >= 0.6 is 0 Å². The molecule has 0 aliphatic carbocycles. The van der Waals surface area contributed by atoms with Crippen LogP contribution in [0.3, 0.4) is 0 Å². The zero-order valence-electron chi connectivity index (χ0n) is 18.6. The Morgan fingerprint density at radius 3 is 2.06 bits per heavy atom. The second-order valence-corrected chi connectivity index (χ2v) is 8.48. The van der Waals surface area contributed by atoms with Gasteiger partial charge >= 0.3 is 5.97 Å². The van der Waals surface area contributed by atoms with E-state index in [1.54, 1.807) is 31.2 Å². The molecule has 3 N–H and O–H groups in total. The standard InChI is InChI=1S/C24H30N2O5/c1-15(25-22(29)17-8-10-18(11-9-17)24(2,3)4)21(28)26-20(23(30)31-5)14-16-6-12-19(27)13-7-16/h6-13,15,20,27H,14H2,1-5H3,(H,25,29)(H,26,28)/t15-,20+/m0/s1. The Kier molecular flexibility index (Phi) is 7.80. The predicted octanol–water partition coefficient (Wildman–Crippen LogP) is 2.71. The lowest BCUT2D eigenvalue weighted by atomic mass is 9.86. The molecule has 0 aliphatic rings. The molecule has 0 heterocycles. The molecule has 0 unspecified atom stereocenters. The molecular weight excluding hydrogens is 396 g/mol. The summed E-state index contributed by atoms with van der Waals surface area (Å²) in [5.74, 6) is -1.38. The number of carbonyl (C=O) groups is 3. The molecule has 0 aromatic heterocycles. The van der Waals surface area contributed by atoms with Crippen molar-refractivity contribution in [2.45, 2.75) is 51.6 Å². The third kappa shape index (κ3) is 6.84. The van der Waals surface area contributed by atoms with Crippen LogP contribution in [-0.4, -0.2) is 42.1 Å². The Hall–Kier alpha value is -3.35. The molecule has 0 saturated carbocycles. The Balaban J connectivity index is 2.01. The van der Waals surface area contributed by atoms with Gasteiger partial charge in [-0.05, 0) is 47.7 Å². The number of carbonyl (C=O) groups excluding carboxylic acids is 3. The summed E-state index contributed by atoms with van der Waals surface area (Å²) >= 11 is 0. The van der Waals surface area contributed by atoms with Gasteiger partial charge in [0.25, 0.3) is 5.91 Å². The summed E-state index contributed by atoms with van der Waals surface area (Å²) in [5, 5.41) is 14.7. The number of aromatic hydroxyl groups is 1. The zero-order valence-corrected chi connectivity index (χ0v) is 18.6. The van der Waals surface area contributed by atoms with Crippen LogP contribution < -0.4 is 10.6 Å². The van der Waals surface area contributed by atoms with Crippen LogP contribution in [0.2, 0.25) is 0 Å². The summed E-state index contributed by atoms with van der Waals surface area (Å²) < 4.78 is 4.79. The Morgan fingerprint density at radius 2 is 1.55 bits per heavy atom. The van der Waals surface area contributed by atoms with Gasteiger partial charge in [-0.15, -0.1) is 0 Å². The molecule has 0 bridgehead atoms. The molecule has 2 rings (SSSR count). The van der Waals surface area contributed by atoms with Crippen LogP contribution in [0.5, 0.6) is 5.75 Å². The molecule has 166 valence electrons. The van der Waals surface area contributed by atoms with E-state index >= 15 is 0 Å². The first-order valence-corrected chi connectivity index (χ1v) is 10.1. The number of hydrogen-bond donors (Lipinski definition) is 3. The van der Waals surface area contributed by atoms with E-state index in [2.05, 4.69) is 31.4 Å². The Morgan fingerprint density at radius 1 is 0.968 bits per heavy atom. The molecule has 7 nitrogen and oxygen atoms in total. The predicted molar refractivity (Wildman–Crippen MR) is 118 cm³/mol. The topological polar surface area (TPSA) is 105 Å². The maximum Gasteiger partial charge on any atom is 0.328 e. The van der Waals surface area contributed by atoms with E-state index in [0.29, 0.717) is 5.56 Å². The van der Waals surface area contributed by atoms with E-state index in [-0.39, 0.29) is 23.5 Å². The second-order valence-electron chi connectivity index (χ2n) is 8.48. The van der Waals surface area contributed by atoms with Gasteiger partial charge in [0.2, 0.25) is 5.91 Å². The summed E-state index contributed by atoms with van der Waals surface area (Å²) in [6, 6.07) is 11.8. The molecule has 2 atom stereocenters. The van der Waals surface area contributed by atoms with Gasteiger partial charge in [-0.1, -0.05) is 45.0 Å². The number of amides is 2. The highest BCUT2D eigenvalue weighted by atomic mass is 16.5. The van der Waals surface area contributed by atoms with E-state index in [4.69, 9.17) is 4.74 Å². The lowest BCUT2D eigenvalue weighted by molar-refractivity contribution is -0.145. The summed E-state index contributed by atoms with van der Waals surface area (Å²) in [4.78, 5) is 37.2. The maximum atomic E-state index is 12.6. The quantitative estimate of drug-likeness (QED) is 0.591. The summed E-state index contributed by atoms with van der Waals surface area (Å²) in [6.07, 6.45) is 0.188. The lowest BCUT2D eigenvalue weighted by Gasteiger charge is -2.21. The average molecular weight is 427 g/mol. The van der Waals surface area contributed by atoms with Crippen LogP contribution in [0.1, 0.15) is 49.2 Å². The van der Waals surface area contributed by atoms with Crippen molar-refractivity contribution in [1.82, 2.24) is 10.6 Å². The third-order valence-electron chi connectivity index (χ3n) is 4.93. The van der Waals surface area contributed by atoms with E-state index in [0.717, 1.165) is 11.1 Å². The molecule has 0 fully saturated rings. The summed E-state index contributed by atoms with van der Waals surface area (Å²) in [6.45, 7) is 7.81. The smallest absolute Gasteiger partial charge is 0.328 e. The van der Waals surface area contributed by atoms with Crippen molar-refractivity contribution in [1.29, 1.82) is 0 Å². The Labute approximate surface area is 182 Å². The summed E-state index contributed by atoms with van der Waals surface area (Å²) in [5.41, 5.74) is 2.26. The van der Waals surface area contributed by atoms with Crippen molar-refractivity contribution in [3.05, 3.63) is 65.2 Å². The highest BCUT2D eigenvalue weighted by molar-refractivity contribution is 5.98. The summed E-state index contributed by atoms with van der Waals surface area (Å²) in [7, 11) is 1.24. The number of hydrogen-bond acceptors (Lipinski definition) is 5. The van der Waals surface area contributed by atoms with Crippen LogP contribution in [0.25, 0.3) is 0 Å². The second kappa shape index (κ2) is 10.1. The normalized spacial score (nSPS) is 13.1. The fourth-order valence-corrected chi connectivity index (χ4v) is 2.97. The van der Waals surface area contributed by atoms with Crippen molar-refractivity contribution in [2.75, 3.05) is 7.11 Å². The van der Waals surface area contributed by atoms with Crippen LogP contribution in [0.15, 0.2) is 48.5 Å². The maximum absolute atomic E-state index is 12.6. The van der Waals surface area contributed by atoms with Crippen molar-refractivity contribution in [3.63, 3.8) is 0 Å². The van der Waals surface area contributed by atoms with Gasteiger partial charge in [0, 0.05) is 12.0 Å². The Bertz CT molecular complexity index is 914. The number of ether oxygens (including phenoxy) is 1. The van der Waals surface area contributed by atoms with Gasteiger partial charge in [-0.25, -0.2) is 4.79 Å². The van der Waals surface area contributed by atoms with E-state index in [1.807, 2.05) is 12.1 Å². The van der Waals surface area contributed by atoms with Crippen LogP contribution in [-0.2, 0) is 26.2 Å².